The van der Waals surface area contributed by atoms with Gasteiger partial charge in [0.05, 0.1) is 17.2 Å². The molecule has 3 rings (SSSR count). The molecule has 2 aromatic rings. The molecule has 0 atom stereocenters. The normalized spacial score (nSPS) is 14.9. The number of benzene rings is 2. The maximum absolute atomic E-state index is 12.3. The first-order valence-corrected chi connectivity index (χ1v) is 9.21. The molecule has 1 fully saturated rings. The summed E-state index contributed by atoms with van der Waals surface area (Å²) in [6, 6.07) is 11.5. The second-order valence-corrected chi connectivity index (χ2v) is 6.88. The molecule has 2 aromatic carbocycles. The Labute approximate surface area is 176 Å². The van der Waals surface area contributed by atoms with Crippen molar-refractivity contribution < 1.29 is 23.9 Å². The molecular formula is C20H16Cl2N2O5. The van der Waals surface area contributed by atoms with Crippen LogP contribution in [-0.2, 0) is 20.9 Å². The fourth-order valence-electron chi connectivity index (χ4n) is 2.53. The van der Waals surface area contributed by atoms with Gasteiger partial charge in [0.1, 0.15) is 24.6 Å². The van der Waals surface area contributed by atoms with Crippen LogP contribution in [-0.4, -0.2) is 36.5 Å². The molecule has 0 unspecified atom stereocenters. The van der Waals surface area contributed by atoms with Gasteiger partial charge in [-0.15, -0.1) is 0 Å². The number of imide groups is 1. The molecule has 0 bridgehead atoms. The van der Waals surface area contributed by atoms with Gasteiger partial charge in [0.2, 0.25) is 0 Å². The lowest BCUT2D eigenvalue weighted by Crippen LogP contribution is -2.36. The highest BCUT2D eigenvalue weighted by Gasteiger charge is 2.35. The summed E-state index contributed by atoms with van der Waals surface area (Å²) < 4.78 is 10.2. The molecule has 0 aromatic heterocycles. The Morgan fingerprint density at radius 2 is 1.83 bits per heavy atom. The maximum Gasteiger partial charge on any atom is 0.329 e. The first-order chi connectivity index (χ1) is 13.9. The van der Waals surface area contributed by atoms with E-state index in [0.717, 1.165) is 10.5 Å². The lowest BCUT2D eigenvalue weighted by Gasteiger charge is -2.09. The summed E-state index contributed by atoms with van der Waals surface area (Å²) >= 11 is 11.9. The summed E-state index contributed by atoms with van der Waals surface area (Å²) in [4.78, 5) is 36.2. The zero-order chi connectivity index (χ0) is 21.0. The zero-order valence-electron chi connectivity index (χ0n) is 15.3. The molecule has 0 aliphatic carbocycles. The average Bonchev–Trinajstić information content (AvgIpc) is 2.97. The van der Waals surface area contributed by atoms with Gasteiger partial charge in [-0.3, -0.25) is 9.59 Å². The van der Waals surface area contributed by atoms with Gasteiger partial charge in [0, 0.05) is 0 Å². The summed E-state index contributed by atoms with van der Waals surface area (Å²) in [5, 5.41) is 3.37. The van der Waals surface area contributed by atoms with E-state index in [0.29, 0.717) is 28.0 Å². The van der Waals surface area contributed by atoms with Gasteiger partial charge in [-0.2, -0.15) is 0 Å². The van der Waals surface area contributed by atoms with E-state index in [1.54, 1.807) is 36.4 Å². The number of hydrogen-bond acceptors (Lipinski definition) is 5. The van der Waals surface area contributed by atoms with Crippen LogP contribution in [0.15, 0.2) is 48.2 Å². The lowest BCUT2D eigenvalue weighted by molar-refractivity contribution is -0.143. The molecule has 3 amide bonds. The molecule has 1 N–H and O–H groups in total. The van der Waals surface area contributed by atoms with Crippen LogP contribution in [0.2, 0.25) is 10.0 Å². The molecule has 1 saturated heterocycles. The summed E-state index contributed by atoms with van der Waals surface area (Å²) in [5.74, 6) is -0.661. The Hall–Kier alpha value is -3.03. The number of carbonyl (C=O) groups excluding carboxylic acids is 3. The summed E-state index contributed by atoms with van der Waals surface area (Å²) in [5.41, 5.74) is 1.62. The molecular weight excluding hydrogens is 419 g/mol. The standard InChI is InChI=1S/C20H16Cl2N2O5/c1-28-18(25)10-24-19(26)17(23-20(24)27)9-12-2-5-14(6-3-12)29-11-13-4-7-15(21)16(22)8-13/h2-9H,10-11H2,1H3,(H,23,27)/b17-9+. The fourth-order valence-corrected chi connectivity index (χ4v) is 2.85. The van der Waals surface area contributed by atoms with Gasteiger partial charge in [-0.1, -0.05) is 41.4 Å². The Kier molecular flexibility index (Phi) is 6.41. The summed E-state index contributed by atoms with van der Waals surface area (Å²) in [7, 11) is 1.18. The maximum atomic E-state index is 12.3. The van der Waals surface area contributed by atoms with Crippen LogP contribution in [0, 0.1) is 0 Å². The monoisotopic (exact) mass is 434 g/mol. The molecule has 1 aliphatic heterocycles. The third-order valence-electron chi connectivity index (χ3n) is 4.06. The lowest BCUT2D eigenvalue weighted by atomic mass is 10.2. The number of nitrogens with one attached hydrogen (secondary N) is 1. The number of urea groups is 1. The Bertz CT molecular complexity index is 989. The number of amides is 3. The topological polar surface area (TPSA) is 84.9 Å². The number of carbonyl (C=O) groups is 3. The molecule has 0 saturated carbocycles. The molecule has 1 heterocycles. The Balaban J connectivity index is 1.64. The number of ether oxygens (including phenoxy) is 2. The van der Waals surface area contributed by atoms with E-state index in [1.165, 1.54) is 13.2 Å². The molecule has 1 aliphatic rings. The highest BCUT2D eigenvalue weighted by molar-refractivity contribution is 6.42. The number of halogens is 2. The van der Waals surface area contributed by atoms with Crippen molar-refractivity contribution >= 4 is 47.2 Å². The Morgan fingerprint density at radius 3 is 2.48 bits per heavy atom. The minimum Gasteiger partial charge on any atom is -0.489 e. The highest BCUT2D eigenvalue weighted by atomic mass is 35.5. The zero-order valence-corrected chi connectivity index (χ0v) is 16.8. The molecule has 150 valence electrons. The molecule has 9 heteroatoms. The first kappa shape index (κ1) is 20.7. The van der Waals surface area contributed by atoms with Gasteiger partial charge in [0.15, 0.2) is 0 Å². The van der Waals surface area contributed by atoms with Crippen molar-refractivity contribution in [2.45, 2.75) is 6.61 Å². The average molecular weight is 435 g/mol. The van der Waals surface area contributed by atoms with Crippen molar-refractivity contribution in [2.75, 3.05) is 13.7 Å². The predicted molar refractivity (Wildman–Crippen MR) is 107 cm³/mol. The number of methoxy groups -OCH3 is 1. The first-order valence-electron chi connectivity index (χ1n) is 8.45. The second kappa shape index (κ2) is 8.98. The van der Waals surface area contributed by atoms with E-state index in [-0.39, 0.29) is 5.70 Å². The second-order valence-electron chi connectivity index (χ2n) is 6.06. The van der Waals surface area contributed by atoms with Crippen LogP contribution in [0.3, 0.4) is 0 Å². The van der Waals surface area contributed by atoms with Gasteiger partial charge in [-0.05, 0) is 41.5 Å². The van der Waals surface area contributed by atoms with Gasteiger partial charge >= 0.3 is 12.0 Å². The van der Waals surface area contributed by atoms with E-state index in [4.69, 9.17) is 27.9 Å². The van der Waals surface area contributed by atoms with Gasteiger partial charge in [-0.25, -0.2) is 9.69 Å². The van der Waals surface area contributed by atoms with E-state index < -0.39 is 24.5 Å². The van der Waals surface area contributed by atoms with Crippen LogP contribution in [0.25, 0.3) is 6.08 Å². The number of esters is 1. The van der Waals surface area contributed by atoms with E-state index in [2.05, 4.69) is 10.1 Å². The van der Waals surface area contributed by atoms with Crippen LogP contribution in [0.5, 0.6) is 5.75 Å². The number of nitrogens with zero attached hydrogens (tertiary/aromatic N) is 1. The van der Waals surface area contributed by atoms with Crippen LogP contribution >= 0.6 is 23.2 Å². The molecule has 0 spiro atoms. The van der Waals surface area contributed by atoms with E-state index in [9.17, 15) is 14.4 Å². The van der Waals surface area contributed by atoms with E-state index >= 15 is 0 Å². The molecule has 7 nitrogen and oxygen atoms in total. The number of hydrogen-bond donors (Lipinski definition) is 1. The van der Waals surface area contributed by atoms with Crippen LogP contribution < -0.4 is 10.1 Å². The Morgan fingerprint density at radius 1 is 1.10 bits per heavy atom. The van der Waals surface area contributed by atoms with Crippen LogP contribution in [0.4, 0.5) is 4.79 Å². The third-order valence-corrected chi connectivity index (χ3v) is 4.80. The minimum absolute atomic E-state index is 0.0726. The van der Waals surface area contributed by atoms with Crippen molar-refractivity contribution in [2.24, 2.45) is 0 Å². The van der Waals surface area contributed by atoms with Crippen molar-refractivity contribution in [3.63, 3.8) is 0 Å². The largest absolute Gasteiger partial charge is 0.489 e. The number of rotatable bonds is 6. The van der Waals surface area contributed by atoms with Gasteiger partial charge in [0.25, 0.3) is 5.91 Å². The summed E-state index contributed by atoms with van der Waals surface area (Å²) in [6.07, 6.45) is 1.51. The molecule has 29 heavy (non-hydrogen) atoms. The fraction of sp³-hybridized carbons (Fsp3) is 0.150. The SMILES string of the molecule is COC(=O)CN1C(=O)N/C(=C/c2ccc(OCc3ccc(Cl)c(Cl)c3)cc2)C1=O. The van der Waals surface area contributed by atoms with Crippen molar-refractivity contribution in [1.82, 2.24) is 10.2 Å². The van der Waals surface area contributed by atoms with Crippen LogP contribution in [0.1, 0.15) is 11.1 Å². The van der Waals surface area contributed by atoms with Crippen molar-refractivity contribution in [1.29, 1.82) is 0 Å². The minimum atomic E-state index is -0.682. The predicted octanol–water partition coefficient (Wildman–Crippen LogP) is 3.64. The smallest absolute Gasteiger partial charge is 0.329 e. The van der Waals surface area contributed by atoms with Crippen molar-refractivity contribution in [3.8, 4) is 5.75 Å². The van der Waals surface area contributed by atoms with Gasteiger partial charge < -0.3 is 14.8 Å². The van der Waals surface area contributed by atoms with E-state index in [1.807, 2.05) is 6.07 Å². The quantitative estimate of drug-likeness (QED) is 0.426. The van der Waals surface area contributed by atoms with Crippen molar-refractivity contribution in [3.05, 3.63) is 69.3 Å². The highest BCUT2D eigenvalue weighted by Crippen LogP contribution is 2.24. The third kappa shape index (κ3) is 5.07. The molecule has 0 radical (unpaired) electrons. The summed E-state index contributed by atoms with van der Waals surface area (Å²) in [6.45, 7) is -0.131.